The van der Waals surface area contributed by atoms with Gasteiger partial charge in [-0.15, -0.1) is 0 Å². The van der Waals surface area contributed by atoms with Crippen molar-refractivity contribution in [2.45, 2.75) is 12.8 Å². The fraction of sp³-hybridized carbons (Fsp3) is 0.273. The molecule has 0 atom stereocenters. The number of rotatable bonds is 4. The topological polar surface area (TPSA) is 104 Å². The van der Waals surface area contributed by atoms with Crippen LogP contribution < -0.4 is 0 Å². The third-order valence-electron chi connectivity index (χ3n) is 2.25. The lowest BCUT2D eigenvalue weighted by Gasteiger charge is -2.07. The number of aromatic hydroxyl groups is 2. The van der Waals surface area contributed by atoms with Crippen LogP contribution in [0.15, 0.2) is 12.1 Å². The zero-order valence-corrected chi connectivity index (χ0v) is 9.14. The Balaban J connectivity index is 2.92. The van der Waals surface area contributed by atoms with Crippen LogP contribution in [0.1, 0.15) is 22.3 Å². The zero-order valence-electron chi connectivity index (χ0n) is 9.14. The van der Waals surface area contributed by atoms with Gasteiger partial charge in [0.1, 0.15) is 17.1 Å². The average molecular weight is 240 g/mol. The van der Waals surface area contributed by atoms with Crippen LogP contribution in [0, 0.1) is 0 Å². The number of carboxylic acid groups (broad SMARTS) is 1. The Morgan fingerprint density at radius 1 is 1.24 bits per heavy atom. The van der Waals surface area contributed by atoms with E-state index < -0.39 is 17.7 Å². The number of ether oxygens (including phenoxy) is 1. The van der Waals surface area contributed by atoms with Gasteiger partial charge in [-0.25, -0.2) is 4.79 Å². The monoisotopic (exact) mass is 240 g/mol. The fourth-order valence-corrected chi connectivity index (χ4v) is 1.33. The normalized spacial score (nSPS) is 9.94. The third kappa shape index (κ3) is 3.10. The first-order chi connectivity index (χ1) is 7.95. The molecule has 0 heterocycles. The molecule has 6 nitrogen and oxygen atoms in total. The lowest BCUT2D eigenvalue weighted by Crippen LogP contribution is -2.03. The minimum atomic E-state index is -1.34. The molecule has 0 saturated heterocycles. The van der Waals surface area contributed by atoms with E-state index in [9.17, 15) is 19.8 Å². The highest BCUT2D eigenvalue weighted by atomic mass is 16.5. The van der Waals surface area contributed by atoms with Gasteiger partial charge in [-0.05, 0) is 24.1 Å². The van der Waals surface area contributed by atoms with Crippen LogP contribution >= 0.6 is 0 Å². The maximum absolute atomic E-state index is 10.9. The van der Waals surface area contributed by atoms with Crippen LogP contribution in [0.4, 0.5) is 0 Å². The third-order valence-corrected chi connectivity index (χ3v) is 2.25. The number of carboxylic acids is 1. The van der Waals surface area contributed by atoms with E-state index in [0.29, 0.717) is 0 Å². The first kappa shape index (κ1) is 12.8. The molecule has 0 aliphatic carbocycles. The van der Waals surface area contributed by atoms with Gasteiger partial charge in [-0.2, -0.15) is 0 Å². The predicted octanol–water partition coefficient (Wildman–Crippen LogP) is 0.902. The molecule has 92 valence electrons. The van der Waals surface area contributed by atoms with E-state index in [4.69, 9.17) is 5.11 Å². The van der Waals surface area contributed by atoms with E-state index >= 15 is 0 Å². The molecule has 6 heteroatoms. The number of carbonyl (C=O) groups is 2. The Labute approximate surface area is 97.1 Å². The van der Waals surface area contributed by atoms with Crippen LogP contribution in [0.25, 0.3) is 0 Å². The van der Waals surface area contributed by atoms with Gasteiger partial charge in [0, 0.05) is 6.42 Å². The Hall–Kier alpha value is -2.24. The molecule has 0 spiro atoms. The predicted molar refractivity (Wildman–Crippen MR) is 57.1 cm³/mol. The maximum atomic E-state index is 10.9. The van der Waals surface area contributed by atoms with Crippen LogP contribution in [-0.4, -0.2) is 34.4 Å². The highest BCUT2D eigenvalue weighted by molar-refractivity contribution is 5.91. The Bertz CT molecular complexity index is 452. The van der Waals surface area contributed by atoms with E-state index in [1.807, 2.05) is 0 Å². The number of hydrogen-bond donors (Lipinski definition) is 3. The SMILES string of the molecule is COC(=O)CCc1cc(O)c(C(=O)O)cc1O. The molecule has 0 bridgehead atoms. The number of aromatic carboxylic acids is 1. The lowest BCUT2D eigenvalue weighted by molar-refractivity contribution is -0.140. The van der Waals surface area contributed by atoms with E-state index in [2.05, 4.69) is 4.74 Å². The quantitative estimate of drug-likeness (QED) is 0.533. The van der Waals surface area contributed by atoms with Gasteiger partial charge in [-0.1, -0.05) is 0 Å². The molecule has 1 rings (SSSR count). The minimum absolute atomic E-state index is 0.0376. The number of benzene rings is 1. The Morgan fingerprint density at radius 3 is 2.41 bits per heavy atom. The Morgan fingerprint density at radius 2 is 1.88 bits per heavy atom. The van der Waals surface area contributed by atoms with Crippen molar-refractivity contribution in [1.82, 2.24) is 0 Å². The molecule has 17 heavy (non-hydrogen) atoms. The minimum Gasteiger partial charge on any atom is -0.508 e. The standard InChI is InChI=1S/C11H12O6/c1-17-10(14)3-2-6-4-9(13)7(11(15)16)5-8(6)12/h4-5,12-13H,2-3H2,1H3,(H,15,16). The molecular weight excluding hydrogens is 228 g/mol. The van der Waals surface area contributed by atoms with Crippen LogP contribution in [0.3, 0.4) is 0 Å². The molecular formula is C11H12O6. The number of aryl methyl sites for hydroxylation is 1. The second-order valence-corrected chi connectivity index (χ2v) is 3.38. The molecule has 1 aromatic carbocycles. The van der Waals surface area contributed by atoms with Gasteiger partial charge in [0.05, 0.1) is 7.11 Å². The van der Waals surface area contributed by atoms with Crippen molar-refractivity contribution in [2.24, 2.45) is 0 Å². The summed E-state index contributed by atoms with van der Waals surface area (Å²) in [5.74, 6) is -2.51. The molecule has 0 saturated carbocycles. The van der Waals surface area contributed by atoms with E-state index in [1.165, 1.54) is 7.11 Å². The van der Waals surface area contributed by atoms with Crippen molar-refractivity contribution >= 4 is 11.9 Å². The zero-order chi connectivity index (χ0) is 13.0. The molecule has 0 amide bonds. The maximum Gasteiger partial charge on any atom is 0.339 e. The van der Waals surface area contributed by atoms with Crippen molar-refractivity contribution < 1.29 is 29.6 Å². The van der Waals surface area contributed by atoms with Crippen molar-refractivity contribution in [3.05, 3.63) is 23.3 Å². The number of phenols is 2. The molecule has 3 N–H and O–H groups in total. The highest BCUT2D eigenvalue weighted by Gasteiger charge is 2.14. The first-order valence-corrected chi connectivity index (χ1v) is 4.80. The summed E-state index contributed by atoms with van der Waals surface area (Å²) < 4.78 is 4.43. The average Bonchev–Trinajstić information content (AvgIpc) is 2.28. The molecule has 1 aromatic rings. The van der Waals surface area contributed by atoms with Gasteiger partial charge >= 0.3 is 11.9 Å². The fourth-order valence-electron chi connectivity index (χ4n) is 1.33. The molecule has 0 aliphatic heterocycles. The summed E-state index contributed by atoms with van der Waals surface area (Å²) in [6.07, 6.45) is 0.196. The summed E-state index contributed by atoms with van der Waals surface area (Å²) in [4.78, 5) is 21.5. The largest absolute Gasteiger partial charge is 0.508 e. The van der Waals surface area contributed by atoms with Gasteiger partial charge in [-0.3, -0.25) is 4.79 Å². The molecule has 0 radical (unpaired) electrons. The van der Waals surface area contributed by atoms with Crippen molar-refractivity contribution in [2.75, 3.05) is 7.11 Å². The van der Waals surface area contributed by atoms with E-state index in [1.54, 1.807) is 0 Å². The van der Waals surface area contributed by atoms with E-state index in [0.717, 1.165) is 12.1 Å². The summed E-state index contributed by atoms with van der Waals surface area (Å²) in [6.45, 7) is 0. The van der Waals surface area contributed by atoms with Gasteiger partial charge < -0.3 is 20.1 Å². The second-order valence-electron chi connectivity index (χ2n) is 3.38. The van der Waals surface area contributed by atoms with Gasteiger partial charge in [0.15, 0.2) is 0 Å². The molecule has 0 aliphatic rings. The Kier molecular flexibility index (Phi) is 3.92. The highest BCUT2D eigenvalue weighted by Crippen LogP contribution is 2.28. The van der Waals surface area contributed by atoms with Crippen LogP contribution in [-0.2, 0) is 16.0 Å². The van der Waals surface area contributed by atoms with Gasteiger partial charge in [0.2, 0.25) is 0 Å². The first-order valence-electron chi connectivity index (χ1n) is 4.80. The number of methoxy groups -OCH3 is 1. The van der Waals surface area contributed by atoms with Crippen LogP contribution in [0.5, 0.6) is 11.5 Å². The smallest absolute Gasteiger partial charge is 0.339 e. The van der Waals surface area contributed by atoms with E-state index in [-0.39, 0.29) is 29.7 Å². The van der Waals surface area contributed by atoms with Gasteiger partial charge in [0.25, 0.3) is 0 Å². The summed E-state index contributed by atoms with van der Waals surface area (Å²) in [5.41, 5.74) is -0.0952. The van der Waals surface area contributed by atoms with Crippen molar-refractivity contribution in [3.63, 3.8) is 0 Å². The van der Waals surface area contributed by atoms with Crippen molar-refractivity contribution in [1.29, 1.82) is 0 Å². The van der Waals surface area contributed by atoms with Crippen molar-refractivity contribution in [3.8, 4) is 11.5 Å². The summed E-state index contributed by atoms with van der Waals surface area (Å²) in [7, 11) is 1.24. The molecule has 0 aromatic heterocycles. The van der Waals surface area contributed by atoms with Crippen LogP contribution in [0.2, 0.25) is 0 Å². The lowest BCUT2D eigenvalue weighted by atomic mass is 10.0. The number of hydrogen-bond acceptors (Lipinski definition) is 5. The summed E-state index contributed by atoms with van der Waals surface area (Å²) >= 11 is 0. The summed E-state index contributed by atoms with van der Waals surface area (Å²) in [5, 5.41) is 27.6. The number of phenolic OH excluding ortho intramolecular Hbond substituents is 1. The molecule has 0 fully saturated rings. The summed E-state index contributed by atoms with van der Waals surface area (Å²) in [6, 6.07) is 2.08. The number of esters is 1. The second kappa shape index (κ2) is 5.20. The molecule has 0 unspecified atom stereocenters. The number of carbonyl (C=O) groups excluding carboxylic acids is 1.